The van der Waals surface area contributed by atoms with Crippen LogP contribution in [0.5, 0.6) is 0 Å². The molecule has 0 fully saturated rings. The minimum atomic E-state index is 0.348. The maximum absolute atomic E-state index is 4.36. The van der Waals surface area contributed by atoms with E-state index in [1.165, 1.54) is 5.56 Å². The third kappa shape index (κ3) is 2.98. The molecule has 1 unspecified atom stereocenters. The van der Waals surface area contributed by atoms with E-state index in [0.717, 1.165) is 25.2 Å². The summed E-state index contributed by atoms with van der Waals surface area (Å²) in [7, 11) is 3.99. The smallest absolute Gasteiger partial charge is 0.108 e. The standard InChI is InChI=1S/C13H21N5/c1-4-14-12(11-9-16-18(3)10-11)5-6-13-15-7-8-17(13)2/h7-10,12,14H,4-6H2,1-3H3. The molecular formula is C13H21N5. The van der Waals surface area contributed by atoms with Crippen LogP contribution < -0.4 is 5.32 Å². The average molecular weight is 247 g/mol. The Morgan fingerprint density at radius 2 is 2.22 bits per heavy atom. The molecule has 0 amide bonds. The molecule has 0 bridgehead atoms. The number of nitrogens with one attached hydrogen (secondary N) is 1. The maximum Gasteiger partial charge on any atom is 0.108 e. The van der Waals surface area contributed by atoms with Crippen molar-refractivity contribution >= 4 is 0 Å². The minimum absolute atomic E-state index is 0.348. The van der Waals surface area contributed by atoms with Crippen molar-refractivity contribution in [1.29, 1.82) is 0 Å². The second-order valence-corrected chi connectivity index (χ2v) is 4.55. The molecule has 0 aliphatic carbocycles. The van der Waals surface area contributed by atoms with Crippen LogP contribution in [0.1, 0.15) is 30.8 Å². The first-order valence-electron chi connectivity index (χ1n) is 6.38. The highest BCUT2D eigenvalue weighted by atomic mass is 15.2. The average Bonchev–Trinajstić information content (AvgIpc) is 2.94. The van der Waals surface area contributed by atoms with Crippen molar-refractivity contribution in [2.45, 2.75) is 25.8 Å². The second kappa shape index (κ2) is 5.82. The van der Waals surface area contributed by atoms with Crippen LogP contribution in [0.3, 0.4) is 0 Å². The predicted molar refractivity (Wildman–Crippen MR) is 71.2 cm³/mol. The molecule has 0 aliphatic rings. The van der Waals surface area contributed by atoms with Crippen LogP contribution in [0.4, 0.5) is 0 Å². The first kappa shape index (κ1) is 12.8. The van der Waals surface area contributed by atoms with Crippen LogP contribution in [0.15, 0.2) is 24.8 Å². The van der Waals surface area contributed by atoms with Crippen LogP contribution >= 0.6 is 0 Å². The Morgan fingerprint density at radius 1 is 1.39 bits per heavy atom. The Morgan fingerprint density at radius 3 is 2.78 bits per heavy atom. The van der Waals surface area contributed by atoms with E-state index in [1.807, 2.05) is 37.4 Å². The highest BCUT2D eigenvalue weighted by molar-refractivity contribution is 5.10. The summed E-state index contributed by atoms with van der Waals surface area (Å²) in [5, 5.41) is 7.74. The van der Waals surface area contributed by atoms with E-state index in [1.54, 1.807) is 0 Å². The van der Waals surface area contributed by atoms with Gasteiger partial charge in [-0.1, -0.05) is 6.92 Å². The molecule has 0 saturated heterocycles. The molecule has 0 spiro atoms. The number of nitrogens with zero attached hydrogens (tertiary/aromatic N) is 4. The van der Waals surface area contributed by atoms with Crippen molar-refractivity contribution in [1.82, 2.24) is 24.6 Å². The maximum atomic E-state index is 4.36. The fraction of sp³-hybridized carbons (Fsp3) is 0.538. The molecule has 1 atom stereocenters. The number of aryl methyl sites for hydroxylation is 3. The van der Waals surface area contributed by atoms with E-state index in [-0.39, 0.29) is 0 Å². The monoisotopic (exact) mass is 247 g/mol. The van der Waals surface area contributed by atoms with E-state index < -0.39 is 0 Å². The Kier molecular flexibility index (Phi) is 4.15. The van der Waals surface area contributed by atoms with Gasteiger partial charge in [0.25, 0.3) is 0 Å². The number of hydrogen-bond donors (Lipinski definition) is 1. The molecule has 18 heavy (non-hydrogen) atoms. The molecule has 2 aromatic heterocycles. The third-order valence-electron chi connectivity index (χ3n) is 3.16. The number of hydrogen-bond acceptors (Lipinski definition) is 3. The quantitative estimate of drug-likeness (QED) is 0.840. The third-order valence-corrected chi connectivity index (χ3v) is 3.16. The highest BCUT2D eigenvalue weighted by Crippen LogP contribution is 2.17. The summed E-state index contributed by atoms with van der Waals surface area (Å²) >= 11 is 0. The molecule has 2 heterocycles. The molecule has 98 valence electrons. The molecule has 2 aromatic rings. The van der Waals surface area contributed by atoms with E-state index in [2.05, 4.69) is 33.1 Å². The zero-order valence-corrected chi connectivity index (χ0v) is 11.3. The molecule has 5 heteroatoms. The summed E-state index contributed by atoms with van der Waals surface area (Å²) in [6, 6.07) is 0.348. The van der Waals surface area contributed by atoms with Crippen LogP contribution in [0, 0.1) is 0 Å². The molecule has 0 aliphatic heterocycles. The molecule has 5 nitrogen and oxygen atoms in total. The van der Waals surface area contributed by atoms with Gasteiger partial charge in [-0.3, -0.25) is 4.68 Å². The summed E-state index contributed by atoms with van der Waals surface area (Å²) in [4.78, 5) is 4.36. The normalized spacial score (nSPS) is 12.8. The fourth-order valence-electron chi connectivity index (χ4n) is 2.16. The van der Waals surface area contributed by atoms with Gasteiger partial charge in [0.05, 0.1) is 6.20 Å². The summed E-state index contributed by atoms with van der Waals surface area (Å²) in [6.45, 7) is 3.09. The lowest BCUT2D eigenvalue weighted by atomic mass is 10.1. The molecule has 1 N–H and O–H groups in total. The molecule has 0 saturated carbocycles. The summed E-state index contributed by atoms with van der Waals surface area (Å²) in [6.07, 6.45) is 9.85. The van der Waals surface area contributed by atoms with Crippen LogP contribution in [0.2, 0.25) is 0 Å². The zero-order chi connectivity index (χ0) is 13.0. The van der Waals surface area contributed by atoms with Gasteiger partial charge in [0.2, 0.25) is 0 Å². The lowest BCUT2D eigenvalue weighted by Gasteiger charge is -2.16. The van der Waals surface area contributed by atoms with Crippen molar-refractivity contribution in [3.8, 4) is 0 Å². The number of aromatic nitrogens is 4. The highest BCUT2D eigenvalue weighted by Gasteiger charge is 2.13. The Bertz CT molecular complexity index is 485. The predicted octanol–water partition coefficient (Wildman–Crippen LogP) is 1.44. The lowest BCUT2D eigenvalue weighted by molar-refractivity contribution is 0.505. The van der Waals surface area contributed by atoms with Crippen LogP contribution in [-0.4, -0.2) is 25.9 Å². The largest absolute Gasteiger partial charge is 0.338 e. The second-order valence-electron chi connectivity index (χ2n) is 4.55. The van der Waals surface area contributed by atoms with Gasteiger partial charge in [0.1, 0.15) is 5.82 Å². The van der Waals surface area contributed by atoms with E-state index >= 15 is 0 Å². The van der Waals surface area contributed by atoms with Gasteiger partial charge in [-0.2, -0.15) is 5.10 Å². The number of imidazole rings is 1. The zero-order valence-electron chi connectivity index (χ0n) is 11.3. The SMILES string of the molecule is CCNC(CCc1nccn1C)c1cnn(C)c1. The van der Waals surface area contributed by atoms with E-state index in [4.69, 9.17) is 0 Å². The van der Waals surface area contributed by atoms with Crippen molar-refractivity contribution in [3.63, 3.8) is 0 Å². The van der Waals surface area contributed by atoms with Crippen LogP contribution in [-0.2, 0) is 20.5 Å². The van der Waals surface area contributed by atoms with Gasteiger partial charge in [0, 0.05) is 50.7 Å². The Hall–Kier alpha value is -1.62. The Balaban J connectivity index is 2.01. The van der Waals surface area contributed by atoms with Gasteiger partial charge in [-0.25, -0.2) is 4.98 Å². The summed E-state index contributed by atoms with van der Waals surface area (Å²) in [5.41, 5.74) is 1.24. The van der Waals surface area contributed by atoms with E-state index in [0.29, 0.717) is 6.04 Å². The summed E-state index contributed by atoms with van der Waals surface area (Å²) < 4.78 is 3.92. The topological polar surface area (TPSA) is 47.7 Å². The van der Waals surface area contributed by atoms with Crippen molar-refractivity contribution in [2.75, 3.05) is 6.54 Å². The summed E-state index contributed by atoms with van der Waals surface area (Å²) in [5.74, 6) is 1.13. The van der Waals surface area contributed by atoms with Gasteiger partial charge in [-0.05, 0) is 13.0 Å². The van der Waals surface area contributed by atoms with Crippen molar-refractivity contribution in [2.24, 2.45) is 14.1 Å². The lowest BCUT2D eigenvalue weighted by Crippen LogP contribution is -2.21. The van der Waals surface area contributed by atoms with Gasteiger partial charge < -0.3 is 9.88 Å². The van der Waals surface area contributed by atoms with Gasteiger partial charge in [-0.15, -0.1) is 0 Å². The van der Waals surface area contributed by atoms with Crippen molar-refractivity contribution < 1.29 is 0 Å². The minimum Gasteiger partial charge on any atom is -0.338 e. The van der Waals surface area contributed by atoms with E-state index in [9.17, 15) is 0 Å². The molecular weight excluding hydrogens is 226 g/mol. The van der Waals surface area contributed by atoms with Crippen molar-refractivity contribution in [3.05, 3.63) is 36.2 Å². The van der Waals surface area contributed by atoms with Crippen LogP contribution in [0.25, 0.3) is 0 Å². The first-order chi connectivity index (χ1) is 8.70. The first-order valence-corrected chi connectivity index (χ1v) is 6.38. The van der Waals surface area contributed by atoms with Gasteiger partial charge in [0.15, 0.2) is 0 Å². The van der Waals surface area contributed by atoms with Gasteiger partial charge >= 0.3 is 0 Å². The number of rotatable bonds is 6. The fourth-order valence-corrected chi connectivity index (χ4v) is 2.16. The Labute approximate surface area is 108 Å². The molecule has 0 radical (unpaired) electrons. The molecule has 2 rings (SSSR count). The molecule has 0 aromatic carbocycles.